The molecule has 2 N–H and O–H groups in total. The van der Waals surface area contributed by atoms with Gasteiger partial charge in [0.05, 0.1) is 29.5 Å². The van der Waals surface area contributed by atoms with E-state index in [0.717, 1.165) is 5.56 Å². The minimum atomic E-state index is -3.29. The second-order valence-corrected chi connectivity index (χ2v) is 11.6. The highest BCUT2D eigenvalue weighted by atomic mass is 32.3. The van der Waals surface area contributed by atoms with E-state index in [1.807, 2.05) is 13.0 Å². The number of hydrogen-bond donors (Lipinski definition) is 2. The normalized spacial score (nSPS) is 18.2. The molecule has 1 atom stereocenters. The van der Waals surface area contributed by atoms with E-state index in [0.29, 0.717) is 26.9 Å². The summed E-state index contributed by atoms with van der Waals surface area (Å²) in [5.41, 5.74) is 1.74. The van der Waals surface area contributed by atoms with Gasteiger partial charge in [0.15, 0.2) is 0 Å². The monoisotopic (exact) mass is 518 g/mol. The summed E-state index contributed by atoms with van der Waals surface area (Å²) in [5, 5.41) is 0.652. The number of carbonyl (C=O) groups is 2. The molecule has 4 rings (SSSR count). The van der Waals surface area contributed by atoms with Crippen LogP contribution in [0.4, 0.5) is 9.18 Å². The topological polar surface area (TPSA) is 101 Å². The Hall–Kier alpha value is -2.92. The Morgan fingerprint density at radius 2 is 1.86 bits per heavy atom. The van der Waals surface area contributed by atoms with Gasteiger partial charge in [-0.3, -0.25) is 18.5 Å². The fourth-order valence-corrected chi connectivity index (χ4v) is 6.39. The number of hydrogen-bond acceptors (Lipinski definition) is 7. The Bertz CT molecular complexity index is 1330. The van der Waals surface area contributed by atoms with Crippen molar-refractivity contribution in [3.63, 3.8) is 0 Å². The molecular weight excluding hydrogens is 487 g/mol. The van der Waals surface area contributed by atoms with E-state index in [2.05, 4.69) is 0 Å². The first kappa shape index (κ1) is 26.2. The van der Waals surface area contributed by atoms with Crippen LogP contribution in [0.3, 0.4) is 0 Å². The molecule has 1 aliphatic heterocycles. The van der Waals surface area contributed by atoms with Gasteiger partial charge in [-0.25, -0.2) is 9.18 Å². The molecule has 0 bridgehead atoms. The smallest absolute Gasteiger partial charge is 0.419 e. The van der Waals surface area contributed by atoms with Crippen LogP contribution in [0.25, 0.3) is 22.0 Å². The fourth-order valence-electron chi connectivity index (χ4n) is 4.44. The molecule has 2 heterocycles. The van der Waals surface area contributed by atoms with Crippen LogP contribution in [0.5, 0.6) is 0 Å². The first-order valence-corrected chi connectivity index (χ1v) is 13.2. The predicted octanol–water partition coefficient (Wildman–Crippen LogP) is 6.58. The van der Waals surface area contributed by atoms with E-state index >= 15 is 0 Å². The van der Waals surface area contributed by atoms with Gasteiger partial charge >= 0.3 is 12.1 Å². The number of esters is 1. The summed E-state index contributed by atoms with van der Waals surface area (Å²) in [6.45, 7) is 9.21. The molecule has 0 saturated heterocycles. The molecule has 2 aromatic carbocycles. The number of benzene rings is 2. The third-order valence-electron chi connectivity index (χ3n) is 6.02. The molecule has 0 radical (unpaired) electrons. The molecule has 1 aromatic heterocycles. The lowest BCUT2D eigenvalue weighted by Gasteiger charge is -2.38. The van der Waals surface area contributed by atoms with E-state index in [9.17, 15) is 23.1 Å². The van der Waals surface area contributed by atoms with Crippen molar-refractivity contribution in [2.45, 2.75) is 57.6 Å². The van der Waals surface area contributed by atoms with E-state index in [1.165, 1.54) is 21.0 Å². The lowest BCUT2D eigenvalue weighted by Crippen LogP contribution is -2.27. The van der Waals surface area contributed by atoms with Crippen molar-refractivity contribution < 1.29 is 32.6 Å². The van der Waals surface area contributed by atoms with Gasteiger partial charge in [-0.15, -0.1) is 10.8 Å². The zero-order chi connectivity index (χ0) is 26.4. The Kier molecular flexibility index (Phi) is 6.91. The second-order valence-electron chi connectivity index (χ2n) is 9.70. The maximum Gasteiger partial charge on any atom is 0.419 e. The number of fused-ring (bicyclic) bond motifs is 2. The number of nitrogens with zero attached hydrogens (tertiary/aromatic N) is 2. The summed E-state index contributed by atoms with van der Waals surface area (Å²) in [4.78, 5) is 25.1. The van der Waals surface area contributed by atoms with E-state index in [4.69, 9.17) is 9.47 Å². The average Bonchev–Trinajstić information content (AvgIpc) is 3.24. The Morgan fingerprint density at radius 1 is 1.14 bits per heavy atom. The van der Waals surface area contributed by atoms with Crippen LogP contribution in [0.15, 0.2) is 47.5 Å². The van der Waals surface area contributed by atoms with E-state index in [-0.39, 0.29) is 25.6 Å². The van der Waals surface area contributed by atoms with Crippen LogP contribution in [0, 0.1) is 5.82 Å². The largest absolute Gasteiger partial charge is 0.466 e. The third kappa shape index (κ3) is 4.86. The summed E-state index contributed by atoms with van der Waals surface area (Å²) in [6.07, 6.45) is 1.01. The number of rotatable bonds is 5. The van der Waals surface area contributed by atoms with E-state index < -0.39 is 34.3 Å². The van der Waals surface area contributed by atoms with Crippen molar-refractivity contribution in [2.24, 2.45) is 0 Å². The zero-order valence-electron chi connectivity index (χ0n) is 20.9. The fraction of sp³-hybridized carbons (Fsp3) is 0.385. The standard InChI is InChI=1S/C26H31FN2O6S/c1-6-34-24(30)11-12-29-16(2)20-13-17(7-10-23(20)36(29,32)33)21-15-28(25(31)35-26(3,4)5)22-14-18(27)8-9-19(21)22/h7-10,13-16,32-33H,6,11-12H2,1-5H3. The maximum absolute atomic E-state index is 14.1. The van der Waals surface area contributed by atoms with Gasteiger partial charge in [-0.2, -0.15) is 4.31 Å². The summed E-state index contributed by atoms with van der Waals surface area (Å²) < 4.78 is 49.3. The SMILES string of the molecule is CCOC(=O)CCN1C(C)c2cc(-c3cn(C(=O)OC(C)(C)C)c4cc(F)ccc34)ccc2S1(O)O. The molecule has 194 valence electrons. The Balaban J connectivity index is 1.74. The number of aromatic nitrogens is 1. The van der Waals surface area contributed by atoms with Gasteiger partial charge in [0.2, 0.25) is 0 Å². The quantitative estimate of drug-likeness (QED) is 0.368. The third-order valence-corrected chi connectivity index (χ3v) is 8.14. The average molecular weight is 519 g/mol. The first-order valence-electron chi connectivity index (χ1n) is 11.7. The summed E-state index contributed by atoms with van der Waals surface area (Å²) in [5.74, 6) is -0.885. The van der Waals surface area contributed by atoms with Crippen molar-refractivity contribution in [1.82, 2.24) is 8.87 Å². The maximum atomic E-state index is 14.1. The molecule has 0 amide bonds. The molecule has 10 heteroatoms. The number of ether oxygens (including phenoxy) is 2. The second kappa shape index (κ2) is 9.51. The molecule has 0 spiro atoms. The van der Waals surface area contributed by atoms with Crippen LogP contribution in [0.1, 0.15) is 52.6 Å². The summed E-state index contributed by atoms with van der Waals surface area (Å²) in [6, 6.07) is 9.08. The van der Waals surface area contributed by atoms with Gasteiger partial charge in [0.1, 0.15) is 11.4 Å². The van der Waals surface area contributed by atoms with Gasteiger partial charge < -0.3 is 9.47 Å². The summed E-state index contributed by atoms with van der Waals surface area (Å²) >= 11 is 0. The molecular formula is C26H31FN2O6S. The van der Waals surface area contributed by atoms with Crippen molar-refractivity contribution in [2.75, 3.05) is 13.2 Å². The van der Waals surface area contributed by atoms with Crippen LogP contribution < -0.4 is 0 Å². The van der Waals surface area contributed by atoms with Crippen LogP contribution in [-0.2, 0) is 14.3 Å². The van der Waals surface area contributed by atoms with Crippen LogP contribution >= 0.6 is 10.8 Å². The van der Waals surface area contributed by atoms with Crippen molar-refractivity contribution in [3.05, 3.63) is 54.0 Å². The number of halogens is 1. The molecule has 36 heavy (non-hydrogen) atoms. The minimum absolute atomic E-state index is 0.0316. The zero-order valence-corrected chi connectivity index (χ0v) is 21.8. The highest BCUT2D eigenvalue weighted by Crippen LogP contribution is 2.63. The Morgan fingerprint density at radius 3 is 2.53 bits per heavy atom. The van der Waals surface area contributed by atoms with Crippen molar-refractivity contribution in [3.8, 4) is 11.1 Å². The molecule has 3 aromatic rings. The van der Waals surface area contributed by atoms with Gasteiger partial charge in [0, 0.05) is 23.7 Å². The van der Waals surface area contributed by atoms with Gasteiger partial charge in [-0.1, -0.05) is 6.07 Å². The van der Waals surface area contributed by atoms with Crippen LogP contribution in [0.2, 0.25) is 0 Å². The molecule has 0 saturated carbocycles. The summed E-state index contributed by atoms with van der Waals surface area (Å²) in [7, 11) is -3.29. The minimum Gasteiger partial charge on any atom is -0.466 e. The molecule has 1 unspecified atom stereocenters. The van der Waals surface area contributed by atoms with Crippen LogP contribution in [-0.4, -0.2) is 48.8 Å². The van der Waals surface area contributed by atoms with E-state index in [1.54, 1.807) is 52.1 Å². The molecule has 1 aliphatic rings. The van der Waals surface area contributed by atoms with Gasteiger partial charge in [-0.05, 0) is 76.1 Å². The first-order chi connectivity index (χ1) is 16.8. The van der Waals surface area contributed by atoms with Crippen molar-refractivity contribution in [1.29, 1.82) is 0 Å². The lowest BCUT2D eigenvalue weighted by molar-refractivity contribution is -0.143. The highest BCUT2D eigenvalue weighted by Gasteiger charge is 2.40. The lowest BCUT2D eigenvalue weighted by atomic mass is 9.99. The molecule has 0 aliphatic carbocycles. The van der Waals surface area contributed by atoms with Crippen molar-refractivity contribution >= 4 is 33.7 Å². The molecule has 8 nitrogen and oxygen atoms in total. The highest BCUT2D eigenvalue weighted by molar-refractivity contribution is 8.22. The molecule has 0 fully saturated rings. The predicted molar refractivity (Wildman–Crippen MR) is 136 cm³/mol. The van der Waals surface area contributed by atoms with Gasteiger partial charge in [0.25, 0.3) is 0 Å². The number of carbonyl (C=O) groups excluding carboxylic acids is 2. The Labute approximate surface area is 211 Å².